The highest BCUT2D eigenvalue weighted by atomic mass is 79.9. The molecule has 96 valence electrons. The number of benzene rings is 1. The third-order valence-corrected chi connectivity index (χ3v) is 3.67. The van der Waals surface area contributed by atoms with E-state index >= 15 is 0 Å². The molecule has 2 rings (SSSR count). The molecule has 0 aliphatic heterocycles. The number of nitrogens with one attached hydrogen (secondary N) is 1. The third-order valence-electron chi connectivity index (χ3n) is 2.73. The standard InChI is InChI=1S/C13H12BrClFNO/c1-17-11(12-4-5-13(15)18-12)6-8-2-3-9(16)7-10(8)14/h2-5,7,11,17H,6H2,1H3. The highest BCUT2D eigenvalue weighted by Gasteiger charge is 2.15. The van der Waals surface area contributed by atoms with Gasteiger partial charge in [-0.3, -0.25) is 0 Å². The molecule has 5 heteroatoms. The maximum atomic E-state index is 13.0. The molecule has 0 saturated heterocycles. The molecule has 1 aromatic carbocycles. The van der Waals surface area contributed by atoms with Crippen LogP contribution in [-0.2, 0) is 6.42 Å². The Morgan fingerprint density at radius 1 is 1.39 bits per heavy atom. The summed E-state index contributed by atoms with van der Waals surface area (Å²) in [5, 5.41) is 3.52. The maximum absolute atomic E-state index is 13.0. The summed E-state index contributed by atoms with van der Waals surface area (Å²) in [4.78, 5) is 0. The second kappa shape index (κ2) is 5.87. The average molecular weight is 333 g/mol. The van der Waals surface area contributed by atoms with Crippen molar-refractivity contribution in [3.05, 3.63) is 57.2 Å². The molecule has 0 bridgehead atoms. The Hall–Kier alpha value is -0.840. The van der Waals surface area contributed by atoms with Crippen LogP contribution in [0.1, 0.15) is 17.4 Å². The van der Waals surface area contributed by atoms with Crippen molar-refractivity contribution in [3.63, 3.8) is 0 Å². The number of rotatable bonds is 4. The number of hydrogen-bond donors (Lipinski definition) is 1. The summed E-state index contributed by atoms with van der Waals surface area (Å²) in [5.74, 6) is 0.506. The number of furan rings is 1. The molecule has 0 aliphatic rings. The Labute approximate surface area is 118 Å². The highest BCUT2D eigenvalue weighted by molar-refractivity contribution is 9.10. The van der Waals surface area contributed by atoms with E-state index in [0.717, 1.165) is 15.8 Å². The lowest BCUT2D eigenvalue weighted by Crippen LogP contribution is -2.18. The van der Waals surface area contributed by atoms with E-state index in [9.17, 15) is 4.39 Å². The van der Waals surface area contributed by atoms with Crippen molar-refractivity contribution in [2.24, 2.45) is 0 Å². The van der Waals surface area contributed by atoms with Gasteiger partial charge in [0.1, 0.15) is 11.6 Å². The summed E-state index contributed by atoms with van der Waals surface area (Å²) in [7, 11) is 1.85. The van der Waals surface area contributed by atoms with Crippen molar-refractivity contribution >= 4 is 27.5 Å². The molecule has 0 aliphatic carbocycles. The minimum Gasteiger partial charge on any atom is -0.448 e. The minimum atomic E-state index is -0.257. The van der Waals surface area contributed by atoms with Gasteiger partial charge in [0.05, 0.1) is 6.04 Å². The van der Waals surface area contributed by atoms with Gasteiger partial charge in [0, 0.05) is 4.47 Å². The van der Waals surface area contributed by atoms with Crippen molar-refractivity contribution in [1.82, 2.24) is 5.32 Å². The van der Waals surface area contributed by atoms with E-state index in [0.29, 0.717) is 11.6 Å². The van der Waals surface area contributed by atoms with E-state index in [1.807, 2.05) is 13.1 Å². The third kappa shape index (κ3) is 3.13. The van der Waals surface area contributed by atoms with Crippen molar-refractivity contribution in [1.29, 1.82) is 0 Å². The normalized spacial score (nSPS) is 12.7. The maximum Gasteiger partial charge on any atom is 0.193 e. The molecule has 1 heterocycles. The fourth-order valence-corrected chi connectivity index (χ4v) is 2.43. The van der Waals surface area contributed by atoms with Crippen molar-refractivity contribution < 1.29 is 8.81 Å². The van der Waals surface area contributed by atoms with E-state index in [1.165, 1.54) is 12.1 Å². The Morgan fingerprint density at radius 2 is 2.17 bits per heavy atom. The van der Waals surface area contributed by atoms with Gasteiger partial charge in [-0.2, -0.15) is 0 Å². The first-order chi connectivity index (χ1) is 8.60. The number of halogens is 3. The van der Waals surface area contributed by atoms with Gasteiger partial charge in [-0.25, -0.2) is 4.39 Å². The quantitative estimate of drug-likeness (QED) is 0.901. The first kappa shape index (κ1) is 13.6. The summed E-state index contributed by atoms with van der Waals surface area (Å²) in [6.07, 6.45) is 0.682. The van der Waals surface area contributed by atoms with Crippen LogP contribution < -0.4 is 5.32 Å². The largest absolute Gasteiger partial charge is 0.448 e. The van der Waals surface area contributed by atoms with Crippen LogP contribution in [0.15, 0.2) is 39.2 Å². The molecule has 1 unspecified atom stereocenters. The Morgan fingerprint density at radius 3 is 2.72 bits per heavy atom. The second-order valence-corrected chi connectivity index (χ2v) is 5.15. The summed E-state index contributed by atoms with van der Waals surface area (Å²) < 4.78 is 19.1. The monoisotopic (exact) mass is 331 g/mol. The van der Waals surface area contributed by atoms with Crippen molar-refractivity contribution in [2.75, 3.05) is 7.05 Å². The minimum absolute atomic E-state index is 0.000684. The van der Waals surface area contributed by atoms with Gasteiger partial charge in [-0.1, -0.05) is 22.0 Å². The Kier molecular flexibility index (Phi) is 4.43. The zero-order chi connectivity index (χ0) is 13.1. The molecule has 18 heavy (non-hydrogen) atoms. The van der Waals surface area contributed by atoms with Gasteiger partial charge >= 0.3 is 0 Å². The molecular formula is C13H12BrClFNO. The van der Waals surface area contributed by atoms with Gasteiger partial charge in [0.15, 0.2) is 5.22 Å². The first-order valence-electron chi connectivity index (χ1n) is 5.46. The van der Waals surface area contributed by atoms with Gasteiger partial charge in [-0.15, -0.1) is 0 Å². The van der Waals surface area contributed by atoms with Crippen LogP contribution in [0.2, 0.25) is 5.22 Å². The van der Waals surface area contributed by atoms with Crippen LogP contribution in [0.3, 0.4) is 0 Å². The van der Waals surface area contributed by atoms with Crippen LogP contribution in [0, 0.1) is 5.82 Å². The lowest BCUT2D eigenvalue weighted by Gasteiger charge is -2.14. The smallest absolute Gasteiger partial charge is 0.193 e. The molecule has 0 amide bonds. The van der Waals surface area contributed by atoms with E-state index in [4.69, 9.17) is 16.0 Å². The molecule has 1 atom stereocenters. The summed E-state index contributed by atoms with van der Waals surface area (Å²) in [6.45, 7) is 0. The topological polar surface area (TPSA) is 25.2 Å². The fraction of sp³-hybridized carbons (Fsp3) is 0.231. The number of hydrogen-bond acceptors (Lipinski definition) is 2. The lowest BCUT2D eigenvalue weighted by atomic mass is 10.0. The molecule has 2 aromatic rings. The Balaban J connectivity index is 2.20. The molecule has 0 spiro atoms. The van der Waals surface area contributed by atoms with E-state index in [-0.39, 0.29) is 11.9 Å². The zero-order valence-corrected chi connectivity index (χ0v) is 12.1. The zero-order valence-electron chi connectivity index (χ0n) is 9.71. The van der Waals surface area contributed by atoms with Gasteiger partial charge < -0.3 is 9.73 Å². The van der Waals surface area contributed by atoms with Crippen LogP contribution in [0.5, 0.6) is 0 Å². The van der Waals surface area contributed by atoms with Crippen LogP contribution in [0.4, 0.5) is 4.39 Å². The van der Waals surface area contributed by atoms with Gasteiger partial charge in [0.25, 0.3) is 0 Å². The average Bonchev–Trinajstić information content (AvgIpc) is 2.75. The van der Waals surface area contributed by atoms with Gasteiger partial charge in [0.2, 0.25) is 0 Å². The van der Waals surface area contributed by atoms with Gasteiger partial charge in [-0.05, 0) is 54.9 Å². The number of likely N-dealkylation sites (N-methyl/N-ethyl adjacent to an activating group) is 1. The summed E-state index contributed by atoms with van der Waals surface area (Å²) >= 11 is 9.12. The predicted octanol–water partition coefficient (Wildman–Crippen LogP) is 4.34. The second-order valence-electron chi connectivity index (χ2n) is 3.92. The molecule has 0 radical (unpaired) electrons. The molecule has 0 fully saturated rings. The summed E-state index contributed by atoms with van der Waals surface area (Å²) in [5.41, 5.74) is 1.00. The SMILES string of the molecule is CNC(Cc1ccc(F)cc1Br)c1ccc(Cl)o1. The van der Waals surface area contributed by atoms with Crippen LogP contribution in [0.25, 0.3) is 0 Å². The molecule has 1 N–H and O–H groups in total. The van der Waals surface area contributed by atoms with Crippen molar-refractivity contribution in [3.8, 4) is 0 Å². The predicted molar refractivity (Wildman–Crippen MR) is 73.3 cm³/mol. The van der Waals surface area contributed by atoms with Crippen LogP contribution >= 0.6 is 27.5 Å². The van der Waals surface area contributed by atoms with Crippen LogP contribution in [-0.4, -0.2) is 7.05 Å². The van der Waals surface area contributed by atoms with E-state index in [2.05, 4.69) is 21.2 Å². The first-order valence-corrected chi connectivity index (χ1v) is 6.63. The molecule has 1 aromatic heterocycles. The van der Waals surface area contributed by atoms with Crippen molar-refractivity contribution in [2.45, 2.75) is 12.5 Å². The summed E-state index contributed by atoms with van der Waals surface area (Å²) in [6, 6.07) is 8.20. The molecule has 0 saturated carbocycles. The highest BCUT2D eigenvalue weighted by Crippen LogP contribution is 2.26. The fourth-order valence-electron chi connectivity index (χ4n) is 1.77. The molecule has 2 nitrogen and oxygen atoms in total. The van der Waals surface area contributed by atoms with E-state index in [1.54, 1.807) is 12.1 Å². The Bertz CT molecular complexity index is 544. The van der Waals surface area contributed by atoms with E-state index < -0.39 is 0 Å². The molecular weight excluding hydrogens is 321 g/mol. The lowest BCUT2D eigenvalue weighted by molar-refractivity contribution is 0.430.